The predicted molar refractivity (Wildman–Crippen MR) is 137 cm³/mol. The lowest BCUT2D eigenvalue weighted by atomic mass is 9.86. The number of nitrogens with zero attached hydrogens (tertiary/aromatic N) is 4. The maximum absolute atomic E-state index is 6.50. The molecule has 170 valence electrons. The summed E-state index contributed by atoms with van der Waals surface area (Å²) in [6, 6.07) is 14.5. The number of halogens is 1. The molecule has 0 radical (unpaired) electrons. The minimum atomic E-state index is -0.0379. The van der Waals surface area contributed by atoms with Crippen LogP contribution in [-0.2, 0) is 6.42 Å². The fourth-order valence-corrected chi connectivity index (χ4v) is 4.89. The predicted octanol–water partition coefficient (Wildman–Crippen LogP) is 4.28. The van der Waals surface area contributed by atoms with Gasteiger partial charge in [-0.15, -0.1) is 34.2 Å². The van der Waals surface area contributed by atoms with Gasteiger partial charge >= 0.3 is 0 Å². The van der Waals surface area contributed by atoms with Crippen molar-refractivity contribution in [3.05, 3.63) is 60.0 Å². The van der Waals surface area contributed by atoms with Crippen molar-refractivity contribution < 1.29 is 4.74 Å². The van der Waals surface area contributed by atoms with Crippen LogP contribution in [0.1, 0.15) is 56.5 Å². The van der Waals surface area contributed by atoms with Crippen LogP contribution in [-0.4, -0.2) is 39.2 Å². The second kappa shape index (κ2) is 10.1. The number of hydrogen-bond acceptors (Lipinski definition) is 4. The van der Waals surface area contributed by atoms with Crippen molar-refractivity contribution in [2.75, 3.05) is 13.1 Å². The lowest BCUT2D eigenvalue weighted by Gasteiger charge is -2.40. The quantitative estimate of drug-likeness (QED) is 0.284. The minimum absolute atomic E-state index is 0. The molecule has 32 heavy (non-hydrogen) atoms. The summed E-state index contributed by atoms with van der Waals surface area (Å²) in [6.45, 7) is 3.55. The summed E-state index contributed by atoms with van der Waals surface area (Å²) in [4.78, 5) is 4.85. The highest BCUT2D eigenvalue weighted by molar-refractivity contribution is 14.0. The molecule has 0 amide bonds. The van der Waals surface area contributed by atoms with Crippen LogP contribution in [0.25, 0.3) is 5.65 Å². The maximum atomic E-state index is 6.50. The summed E-state index contributed by atoms with van der Waals surface area (Å²) in [5, 5.41) is 15.7. The van der Waals surface area contributed by atoms with E-state index in [1.54, 1.807) is 0 Å². The number of hydrogen-bond donors (Lipinski definition) is 2. The first-order valence-electron chi connectivity index (χ1n) is 11.4. The number of benzene rings is 1. The zero-order valence-electron chi connectivity index (χ0n) is 18.5. The molecule has 1 aliphatic carbocycles. The lowest BCUT2D eigenvalue weighted by molar-refractivity contribution is 0.0396. The minimum Gasteiger partial charge on any atom is -0.487 e. The van der Waals surface area contributed by atoms with Gasteiger partial charge in [0.15, 0.2) is 11.6 Å². The van der Waals surface area contributed by atoms with Gasteiger partial charge in [0, 0.05) is 37.7 Å². The topological polar surface area (TPSA) is 75.8 Å². The normalized spacial score (nSPS) is 19.3. The Morgan fingerprint density at radius 3 is 2.81 bits per heavy atom. The molecule has 1 fully saturated rings. The van der Waals surface area contributed by atoms with Crippen LogP contribution in [0.15, 0.2) is 53.7 Å². The first-order valence-corrected chi connectivity index (χ1v) is 11.4. The lowest BCUT2D eigenvalue weighted by Crippen LogP contribution is -2.46. The van der Waals surface area contributed by atoms with Gasteiger partial charge in [-0.05, 0) is 50.8 Å². The van der Waals surface area contributed by atoms with Crippen LogP contribution in [0, 0.1) is 0 Å². The number of guanidine groups is 1. The van der Waals surface area contributed by atoms with Gasteiger partial charge in [-0.25, -0.2) is 0 Å². The Hall–Kier alpha value is -2.36. The molecule has 0 bridgehead atoms. The Labute approximate surface area is 206 Å². The highest BCUT2D eigenvalue weighted by Crippen LogP contribution is 2.46. The number of rotatable bonds is 5. The first kappa shape index (κ1) is 22.8. The molecule has 5 rings (SSSR count). The summed E-state index contributed by atoms with van der Waals surface area (Å²) in [5.41, 5.74) is 2.05. The van der Waals surface area contributed by atoms with Crippen molar-refractivity contribution in [3.8, 4) is 5.75 Å². The second-order valence-corrected chi connectivity index (χ2v) is 8.49. The van der Waals surface area contributed by atoms with Crippen molar-refractivity contribution in [1.29, 1.82) is 0 Å². The zero-order valence-corrected chi connectivity index (χ0v) is 20.8. The number of fused-ring (bicyclic) bond motifs is 2. The summed E-state index contributed by atoms with van der Waals surface area (Å²) in [5.74, 6) is 2.78. The van der Waals surface area contributed by atoms with Crippen molar-refractivity contribution in [2.45, 2.75) is 57.1 Å². The Morgan fingerprint density at radius 1 is 1.16 bits per heavy atom. The fourth-order valence-electron chi connectivity index (χ4n) is 4.89. The van der Waals surface area contributed by atoms with E-state index in [9.17, 15) is 0 Å². The van der Waals surface area contributed by atoms with Crippen molar-refractivity contribution >= 4 is 35.6 Å². The van der Waals surface area contributed by atoms with Crippen LogP contribution < -0.4 is 15.4 Å². The Morgan fingerprint density at radius 2 is 1.97 bits per heavy atom. The monoisotopic (exact) mass is 546 g/mol. The Balaban J connectivity index is 0.00000245. The average Bonchev–Trinajstić information content (AvgIpc) is 3.41. The van der Waals surface area contributed by atoms with Crippen molar-refractivity contribution in [1.82, 2.24) is 25.2 Å². The van der Waals surface area contributed by atoms with E-state index < -0.39 is 0 Å². The van der Waals surface area contributed by atoms with E-state index in [0.717, 1.165) is 55.4 Å². The van der Waals surface area contributed by atoms with Gasteiger partial charge in [0.25, 0.3) is 0 Å². The molecule has 2 N–H and O–H groups in total. The molecule has 3 heterocycles. The van der Waals surface area contributed by atoms with Crippen LogP contribution in [0.2, 0.25) is 0 Å². The van der Waals surface area contributed by atoms with Gasteiger partial charge < -0.3 is 15.4 Å². The summed E-state index contributed by atoms with van der Waals surface area (Å²) < 4.78 is 8.53. The molecule has 8 heteroatoms. The number of aliphatic imine (C=N–C) groups is 1. The molecule has 1 unspecified atom stereocenters. The summed E-state index contributed by atoms with van der Waals surface area (Å²) in [6.07, 6.45) is 8.46. The first-order chi connectivity index (χ1) is 15.3. The van der Waals surface area contributed by atoms with Crippen molar-refractivity contribution in [2.24, 2.45) is 4.99 Å². The van der Waals surface area contributed by atoms with Crippen LogP contribution >= 0.6 is 24.0 Å². The van der Waals surface area contributed by atoms with Crippen LogP contribution in [0.5, 0.6) is 5.75 Å². The highest BCUT2D eigenvalue weighted by atomic mass is 127. The van der Waals surface area contributed by atoms with E-state index in [0.29, 0.717) is 6.54 Å². The molecular weight excluding hydrogens is 515 g/mol. The van der Waals surface area contributed by atoms with E-state index in [4.69, 9.17) is 9.73 Å². The SMILES string of the molecule is CCNC(=NCCc1nnc2ccccn12)NC1CC2(CCCC2)Oc2ccccc21.I. The molecule has 1 aromatic carbocycles. The Bertz CT molecular complexity index is 1080. The van der Waals surface area contributed by atoms with Crippen molar-refractivity contribution in [3.63, 3.8) is 0 Å². The molecule has 1 atom stereocenters. The fraction of sp³-hybridized carbons (Fsp3) is 0.458. The third-order valence-electron chi connectivity index (χ3n) is 6.36. The van der Waals surface area contributed by atoms with E-state index in [2.05, 4.69) is 52.0 Å². The molecule has 1 aliphatic heterocycles. The standard InChI is InChI=1S/C24H30N6O.HI/c1-2-25-23(26-15-12-22-29-28-21-11-5-8-16-30(21)22)27-19-17-24(13-6-7-14-24)31-20-10-4-3-9-18(19)20;/h3-5,8-11,16,19H,2,6-7,12-15,17H2,1H3,(H2,25,26,27);1H. The number of ether oxygens (including phenoxy) is 1. The molecule has 2 aliphatic rings. The average molecular weight is 546 g/mol. The highest BCUT2D eigenvalue weighted by Gasteiger charge is 2.43. The molecule has 0 saturated heterocycles. The van der Waals surface area contributed by atoms with Gasteiger partial charge in [0.1, 0.15) is 17.2 Å². The van der Waals surface area contributed by atoms with Gasteiger partial charge in [0.05, 0.1) is 6.04 Å². The number of aromatic nitrogens is 3. The zero-order chi connectivity index (χ0) is 21.1. The van der Waals surface area contributed by atoms with Crippen LogP contribution in [0.3, 0.4) is 0 Å². The van der Waals surface area contributed by atoms with E-state index in [1.807, 2.05) is 28.8 Å². The molecule has 7 nitrogen and oxygen atoms in total. The van der Waals surface area contributed by atoms with Crippen LogP contribution in [0.4, 0.5) is 0 Å². The third-order valence-corrected chi connectivity index (χ3v) is 6.36. The number of para-hydroxylation sites is 1. The van der Waals surface area contributed by atoms with Gasteiger partial charge in [-0.3, -0.25) is 9.39 Å². The molecule has 3 aromatic rings. The summed E-state index contributed by atoms with van der Waals surface area (Å²) >= 11 is 0. The van der Waals surface area contributed by atoms with Gasteiger partial charge in [0.2, 0.25) is 0 Å². The van der Waals surface area contributed by atoms with E-state index >= 15 is 0 Å². The largest absolute Gasteiger partial charge is 0.487 e. The molecular formula is C24H31IN6O. The van der Waals surface area contributed by atoms with Gasteiger partial charge in [-0.1, -0.05) is 24.3 Å². The smallest absolute Gasteiger partial charge is 0.191 e. The van der Waals surface area contributed by atoms with E-state index in [1.165, 1.54) is 18.4 Å². The Kier molecular flexibility index (Phi) is 7.17. The number of pyridine rings is 1. The molecule has 2 aromatic heterocycles. The number of nitrogens with one attached hydrogen (secondary N) is 2. The van der Waals surface area contributed by atoms with E-state index in [-0.39, 0.29) is 35.6 Å². The van der Waals surface area contributed by atoms with Gasteiger partial charge in [-0.2, -0.15) is 0 Å². The summed E-state index contributed by atoms with van der Waals surface area (Å²) in [7, 11) is 0. The second-order valence-electron chi connectivity index (χ2n) is 8.49. The third kappa shape index (κ3) is 4.69. The molecule has 1 saturated carbocycles. The maximum Gasteiger partial charge on any atom is 0.191 e. The molecule has 1 spiro atoms.